The van der Waals surface area contributed by atoms with Gasteiger partial charge in [-0.1, -0.05) is 25.5 Å². The molecule has 0 fully saturated rings. The minimum atomic E-state index is -0.403. The molecule has 1 rings (SSSR count). The summed E-state index contributed by atoms with van der Waals surface area (Å²) in [4.78, 5) is 13.2. The van der Waals surface area contributed by atoms with Gasteiger partial charge >= 0.3 is 0 Å². The molecule has 0 aliphatic carbocycles. The number of aliphatic hydroxyl groups is 1. The maximum absolute atomic E-state index is 11.0. The van der Waals surface area contributed by atoms with E-state index in [4.69, 9.17) is 10.8 Å². The van der Waals surface area contributed by atoms with Crippen LogP contribution in [0.1, 0.15) is 35.7 Å². The lowest BCUT2D eigenvalue weighted by Crippen LogP contribution is -2.27. The molecular formula is C14H22N2O2. The van der Waals surface area contributed by atoms with Gasteiger partial charge in [0.15, 0.2) is 0 Å². The molecule has 0 radical (unpaired) electrons. The normalized spacial score (nSPS) is 10.8. The minimum absolute atomic E-state index is 0.170. The number of rotatable bonds is 8. The zero-order valence-corrected chi connectivity index (χ0v) is 10.9. The van der Waals surface area contributed by atoms with Crippen LogP contribution in [0.3, 0.4) is 0 Å². The van der Waals surface area contributed by atoms with Crippen molar-refractivity contribution in [3.05, 3.63) is 35.4 Å². The van der Waals surface area contributed by atoms with E-state index >= 15 is 0 Å². The summed E-state index contributed by atoms with van der Waals surface area (Å²) in [6.07, 6.45) is 2.27. The van der Waals surface area contributed by atoms with Crippen LogP contribution in [0, 0.1) is 0 Å². The molecule has 1 amide bonds. The molecule has 3 N–H and O–H groups in total. The third-order valence-electron chi connectivity index (χ3n) is 2.89. The van der Waals surface area contributed by atoms with E-state index in [-0.39, 0.29) is 6.61 Å². The number of hydrogen-bond donors (Lipinski definition) is 2. The molecule has 0 bridgehead atoms. The fourth-order valence-corrected chi connectivity index (χ4v) is 1.83. The summed E-state index contributed by atoms with van der Waals surface area (Å²) in [5.41, 5.74) is 6.85. The maximum Gasteiger partial charge on any atom is 0.248 e. The minimum Gasteiger partial charge on any atom is -0.395 e. The predicted octanol–water partition coefficient (Wildman–Crippen LogP) is 1.38. The summed E-state index contributed by atoms with van der Waals surface area (Å²) in [5, 5.41) is 9.03. The summed E-state index contributed by atoms with van der Waals surface area (Å²) in [7, 11) is 0. The van der Waals surface area contributed by atoms with Crippen LogP contribution >= 0.6 is 0 Å². The molecule has 0 saturated heterocycles. The van der Waals surface area contributed by atoms with E-state index in [0.717, 1.165) is 31.5 Å². The van der Waals surface area contributed by atoms with Gasteiger partial charge in [-0.2, -0.15) is 0 Å². The Bertz CT molecular complexity index is 363. The summed E-state index contributed by atoms with van der Waals surface area (Å²) >= 11 is 0. The van der Waals surface area contributed by atoms with Crippen LogP contribution in [0.2, 0.25) is 0 Å². The van der Waals surface area contributed by atoms with E-state index in [1.807, 2.05) is 12.1 Å². The largest absolute Gasteiger partial charge is 0.395 e. The fraction of sp³-hybridized carbons (Fsp3) is 0.500. The SMILES string of the molecule is CCCCN(CCO)Cc1ccc(C(N)=O)cc1. The maximum atomic E-state index is 11.0. The first-order valence-corrected chi connectivity index (χ1v) is 6.39. The lowest BCUT2D eigenvalue weighted by Gasteiger charge is -2.21. The lowest BCUT2D eigenvalue weighted by atomic mass is 10.1. The number of benzene rings is 1. The van der Waals surface area contributed by atoms with E-state index in [9.17, 15) is 4.79 Å². The molecule has 0 aliphatic rings. The van der Waals surface area contributed by atoms with Crippen molar-refractivity contribution in [1.29, 1.82) is 0 Å². The first-order valence-electron chi connectivity index (χ1n) is 6.39. The number of nitrogens with zero attached hydrogens (tertiary/aromatic N) is 1. The zero-order chi connectivity index (χ0) is 13.4. The highest BCUT2D eigenvalue weighted by atomic mass is 16.3. The highest BCUT2D eigenvalue weighted by Gasteiger charge is 2.06. The van der Waals surface area contributed by atoms with Gasteiger partial charge in [-0.05, 0) is 30.7 Å². The van der Waals surface area contributed by atoms with Gasteiger partial charge in [0.2, 0.25) is 5.91 Å². The summed E-state index contributed by atoms with van der Waals surface area (Å²) in [6.45, 7) is 4.77. The summed E-state index contributed by atoms with van der Waals surface area (Å²) < 4.78 is 0. The molecule has 0 spiro atoms. The third-order valence-corrected chi connectivity index (χ3v) is 2.89. The standard InChI is InChI=1S/C14H22N2O2/c1-2-3-8-16(9-10-17)11-12-4-6-13(7-5-12)14(15)18/h4-7,17H,2-3,8-11H2,1H3,(H2,15,18). The van der Waals surface area contributed by atoms with E-state index < -0.39 is 5.91 Å². The topological polar surface area (TPSA) is 66.6 Å². The van der Waals surface area contributed by atoms with Crippen molar-refractivity contribution in [2.75, 3.05) is 19.7 Å². The van der Waals surface area contributed by atoms with Crippen molar-refractivity contribution < 1.29 is 9.90 Å². The van der Waals surface area contributed by atoms with Gasteiger partial charge in [-0.3, -0.25) is 9.69 Å². The fourth-order valence-electron chi connectivity index (χ4n) is 1.83. The Labute approximate surface area is 108 Å². The molecule has 0 heterocycles. The number of amides is 1. The second-order valence-electron chi connectivity index (χ2n) is 4.41. The van der Waals surface area contributed by atoms with Crippen molar-refractivity contribution in [3.63, 3.8) is 0 Å². The number of nitrogens with two attached hydrogens (primary N) is 1. The molecule has 4 nitrogen and oxygen atoms in total. The highest BCUT2D eigenvalue weighted by Crippen LogP contribution is 2.08. The second-order valence-corrected chi connectivity index (χ2v) is 4.41. The molecule has 100 valence electrons. The monoisotopic (exact) mass is 250 g/mol. The predicted molar refractivity (Wildman–Crippen MR) is 72.2 cm³/mol. The second kappa shape index (κ2) is 7.84. The van der Waals surface area contributed by atoms with Crippen molar-refractivity contribution in [1.82, 2.24) is 4.90 Å². The van der Waals surface area contributed by atoms with Crippen LogP contribution in [-0.2, 0) is 6.54 Å². The van der Waals surface area contributed by atoms with Gasteiger partial charge < -0.3 is 10.8 Å². The van der Waals surface area contributed by atoms with E-state index in [1.165, 1.54) is 0 Å². The Morgan fingerprint density at radius 2 is 1.94 bits per heavy atom. The highest BCUT2D eigenvalue weighted by molar-refractivity contribution is 5.92. The summed E-state index contributed by atoms with van der Waals surface area (Å²) in [5.74, 6) is -0.403. The molecule has 0 atom stereocenters. The van der Waals surface area contributed by atoms with Crippen molar-refractivity contribution in [3.8, 4) is 0 Å². The number of aliphatic hydroxyl groups excluding tert-OH is 1. The van der Waals surface area contributed by atoms with Crippen molar-refractivity contribution in [2.45, 2.75) is 26.3 Å². The molecule has 0 saturated carbocycles. The lowest BCUT2D eigenvalue weighted by molar-refractivity contribution is 0.100. The molecule has 1 aromatic rings. The smallest absolute Gasteiger partial charge is 0.248 e. The van der Waals surface area contributed by atoms with Crippen molar-refractivity contribution in [2.24, 2.45) is 5.73 Å². The number of hydrogen-bond acceptors (Lipinski definition) is 3. The van der Waals surface area contributed by atoms with Gasteiger partial charge in [0.1, 0.15) is 0 Å². The summed E-state index contributed by atoms with van der Waals surface area (Å²) in [6, 6.07) is 7.32. The van der Waals surface area contributed by atoms with Crippen LogP contribution < -0.4 is 5.73 Å². The molecule has 1 aromatic carbocycles. The van der Waals surface area contributed by atoms with Crippen LogP contribution in [0.15, 0.2) is 24.3 Å². The molecule has 0 unspecified atom stereocenters. The molecule has 0 aliphatic heterocycles. The molecular weight excluding hydrogens is 228 g/mol. The van der Waals surface area contributed by atoms with Crippen LogP contribution in [0.5, 0.6) is 0 Å². The van der Waals surface area contributed by atoms with Gasteiger partial charge in [-0.15, -0.1) is 0 Å². The van der Waals surface area contributed by atoms with Gasteiger partial charge in [0.05, 0.1) is 6.61 Å². The molecule has 4 heteroatoms. The zero-order valence-electron chi connectivity index (χ0n) is 10.9. The van der Waals surface area contributed by atoms with Crippen LogP contribution in [0.4, 0.5) is 0 Å². The first-order chi connectivity index (χ1) is 8.67. The van der Waals surface area contributed by atoms with Gasteiger partial charge in [0, 0.05) is 18.7 Å². The molecule has 18 heavy (non-hydrogen) atoms. The number of carbonyl (C=O) groups is 1. The Hall–Kier alpha value is -1.39. The number of primary amides is 1. The Kier molecular flexibility index (Phi) is 6.39. The quantitative estimate of drug-likeness (QED) is 0.732. The Balaban J connectivity index is 2.59. The Morgan fingerprint density at radius 1 is 1.28 bits per heavy atom. The van der Waals surface area contributed by atoms with Crippen LogP contribution in [-0.4, -0.2) is 35.6 Å². The molecule has 0 aromatic heterocycles. The van der Waals surface area contributed by atoms with Gasteiger partial charge in [-0.25, -0.2) is 0 Å². The van der Waals surface area contributed by atoms with E-state index in [2.05, 4.69) is 11.8 Å². The van der Waals surface area contributed by atoms with Gasteiger partial charge in [0.25, 0.3) is 0 Å². The number of carbonyl (C=O) groups excluding carboxylic acids is 1. The van der Waals surface area contributed by atoms with Crippen molar-refractivity contribution >= 4 is 5.91 Å². The Morgan fingerprint density at radius 3 is 2.44 bits per heavy atom. The third kappa shape index (κ3) is 4.85. The number of unbranched alkanes of at least 4 members (excludes halogenated alkanes) is 1. The van der Waals surface area contributed by atoms with E-state index in [1.54, 1.807) is 12.1 Å². The first kappa shape index (κ1) is 14.7. The van der Waals surface area contributed by atoms with E-state index in [0.29, 0.717) is 12.1 Å². The van der Waals surface area contributed by atoms with Crippen LogP contribution in [0.25, 0.3) is 0 Å². The average Bonchev–Trinajstić information content (AvgIpc) is 2.37. The average molecular weight is 250 g/mol.